The van der Waals surface area contributed by atoms with Crippen LogP contribution < -0.4 is 5.73 Å². The topological polar surface area (TPSA) is 38.9 Å². The lowest BCUT2D eigenvalue weighted by molar-refractivity contribution is -0.137. The van der Waals surface area contributed by atoms with E-state index in [0.717, 1.165) is 22.7 Å². The number of anilines is 1. The molecule has 2 N–H and O–H groups in total. The number of aromatic nitrogens is 1. The Kier molecular flexibility index (Phi) is 3.99. The number of hydrogen-bond acceptors (Lipinski definition) is 3. The number of nitrogen functional groups attached to an aromatic ring is 1. The summed E-state index contributed by atoms with van der Waals surface area (Å²) in [5.41, 5.74) is 6.28. The fourth-order valence-electron chi connectivity index (χ4n) is 1.42. The minimum Gasteiger partial charge on any atom is -0.397 e. The highest BCUT2D eigenvalue weighted by atomic mass is 32.2. The lowest BCUT2D eigenvalue weighted by Crippen LogP contribution is -2.04. The Bertz CT molecular complexity index is 535. The first-order chi connectivity index (χ1) is 8.95. The molecule has 0 spiro atoms. The molecule has 6 heteroatoms. The molecule has 2 rings (SSSR count). The number of halogens is 3. The second-order valence-corrected chi connectivity index (χ2v) is 4.91. The van der Waals surface area contributed by atoms with Crippen molar-refractivity contribution in [2.24, 2.45) is 0 Å². The molecule has 2 aromatic rings. The van der Waals surface area contributed by atoms with Crippen LogP contribution in [0.1, 0.15) is 11.1 Å². The summed E-state index contributed by atoms with van der Waals surface area (Å²) in [6.45, 7) is 0. The fraction of sp³-hybridized carbons (Fsp3) is 0.154. The van der Waals surface area contributed by atoms with Gasteiger partial charge < -0.3 is 5.73 Å². The average molecular weight is 284 g/mol. The molecule has 0 aliphatic carbocycles. The van der Waals surface area contributed by atoms with Crippen molar-refractivity contribution in [1.29, 1.82) is 0 Å². The van der Waals surface area contributed by atoms with Crippen molar-refractivity contribution in [3.63, 3.8) is 0 Å². The summed E-state index contributed by atoms with van der Waals surface area (Å²) in [4.78, 5) is 4.11. The van der Waals surface area contributed by atoms with Crippen molar-refractivity contribution in [1.82, 2.24) is 4.98 Å². The second-order valence-electron chi connectivity index (χ2n) is 3.91. The van der Waals surface area contributed by atoms with E-state index in [2.05, 4.69) is 4.98 Å². The van der Waals surface area contributed by atoms with Gasteiger partial charge >= 0.3 is 6.18 Å². The highest BCUT2D eigenvalue weighted by molar-refractivity contribution is 7.98. The Balaban J connectivity index is 1.98. The first-order valence-corrected chi connectivity index (χ1v) is 6.44. The number of rotatable bonds is 3. The van der Waals surface area contributed by atoms with Gasteiger partial charge in [-0.2, -0.15) is 13.2 Å². The van der Waals surface area contributed by atoms with Gasteiger partial charge in [-0.1, -0.05) is 12.1 Å². The van der Waals surface area contributed by atoms with E-state index in [-0.39, 0.29) is 0 Å². The molecule has 0 aliphatic rings. The number of hydrogen-bond donors (Lipinski definition) is 1. The molecule has 1 aromatic heterocycles. The van der Waals surface area contributed by atoms with Gasteiger partial charge in [0.1, 0.15) is 0 Å². The maximum absolute atomic E-state index is 12.4. The van der Waals surface area contributed by atoms with E-state index in [1.165, 1.54) is 23.9 Å². The van der Waals surface area contributed by atoms with Crippen molar-refractivity contribution >= 4 is 17.4 Å². The van der Waals surface area contributed by atoms with E-state index in [1.807, 2.05) is 0 Å². The lowest BCUT2D eigenvalue weighted by Gasteiger charge is -2.07. The summed E-state index contributed by atoms with van der Waals surface area (Å²) < 4.78 is 37.1. The minimum atomic E-state index is -4.29. The Morgan fingerprint density at radius 1 is 1.05 bits per heavy atom. The predicted molar refractivity (Wildman–Crippen MR) is 69.7 cm³/mol. The number of pyridine rings is 1. The van der Waals surface area contributed by atoms with E-state index in [0.29, 0.717) is 11.4 Å². The highest BCUT2D eigenvalue weighted by Crippen LogP contribution is 2.30. The van der Waals surface area contributed by atoms with Crippen LogP contribution in [0.3, 0.4) is 0 Å². The third-order valence-electron chi connectivity index (χ3n) is 2.43. The van der Waals surface area contributed by atoms with Crippen LogP contribution in [0.25, 0.3) is 0 Å². The van der Waals surface area contributed by atoms with E-state index in [9.17, 15) is 13.2 Å². The van der Waals surface area contributed by atoms with Crippen molar-refractivity contribution in [3.8, 4) is 0 Å². The number of benzene rings is 1. The smallest absolute Gasteiger partial charge is 0.397 e. The first-order valence-electron chi connectivity index (χ1n) is 5.45. The van der Waals surface area contributed by atoms with E-state index in [4.69, 9.17) is 5.73 Å². The Hall–Kier alpha value is -1.69. The summed E-state index contributed by atoms with van der Waals surface area (Å²) in [5.74, 6) is 0.565. The molecular formula is C13H11F3N2S. The zero-order valence-electron chi connectivity index (χ0n) is 9.82. The van der Waals surface area contributed by atoms with Gasteiger partial charge in [-0.3, -0.25) is 0 Å². The van der Waals surface area contributed by atoms with E-state index < -0.39 is 11.7 Å². The molecular weight excluding hydrogens is 273 g/mol. The number of alkyl halides is 3. The number of nitrogens with two attached hydrogens (primary N) is 1. The predicted octanol–water partition coefficient (Wildman–Crippen LogP) is 3.97. The van der Waals surface area contributed by atoms with Crippen LogP contribution in [0.4, 0.5) is 18.9 Å². The molecule has 0 bridgehead atoms. The first kappa shape index (κ1) is 13.7. The van der Waals surface area contributed by atoms with Gasteiger partial charge in [-0.15, -0.1) is 11.8 Å². The van der Waals surface area contributed by atoms with Crippen molar-refractivity contribution in [3.05, 3.63) is 53.7 Å². The highest BCUT2D eigenvalue weighted by Gasteiger charge is 2.29. The van der Waals surface area contributed by atoms with Gasteiger partial charge in [0.25, 0.3) is 0 Å². The molecule has 0 saturated carbocycles. The average Bonchev–Trinajstić information content (AvgIpc) is 2.37. The summed E-state index contributed by atoms with van der Waals surface area (Å²) in [5, 5.41) is 0.786. The lowest BCUT2D eigenvalue weighted by atomic mass is 10.1. The van der Waals surface area contributed by atoms with Crippen LogP contribution in [-0.2, 0) is 11.9 Å². The zero-order chi connectivity index (χ0) is 13.9. The fourth-order valence-corrected chi connectivity index (χ4v) is 2.22. The molecule has 1 heterocycles. The van der Waals surface area contributed by atoms with Crippen LogP contribution in [0, 0.1) is 0 Å². The normalized spacial score (nSPS) is 11.5. The van der Waals surface area contributed by atoms with Gasteiger partial charge in [0, 0.05) is 5.75 Å². The van der Waals surface area contributed by atoms with Crippen LogP contribution >= 0.6 is 11.8 Å². The third-order valence-corrected chi connectivity index (χ3v) is 3.44. The molecule has 19 heavy (non-hydrogen) atoms. The molecule has 0 atom stereocenters. The molecule has 0 unspecified atom stereocenters. The Morgan fingerprint density at radius 2 is 1.74 bits per heavy atom. The van der Waals surface area contributed by atoms with Gasteiger partial charge in [-0.25, -0.2) is 4.98 Å². The molecule has 0 saturated heterocycles. The summed E-state index contributed by atoms with van der Waals surface area (Å²) in [6.07, 6.45) is -2.74. The van der Waals surface area contributed by atoms with Crippen LogP contribution in [0.15, 0.2) is 47.6 Å². The maximum atomic E-state index is 12.4. The number of thioether (sulfide) groups is 1. The van der Waals surface area contributed by atoms with Gasteiger partial charge in [-0.05, 0) is 29.8 Å². The van der Waals surface area contributed by atoms with Crippen molar-refractivity contribution < 1.29 is 13.2 Å². The SMILES string of the molecule is Nc1ccc(SCc2ccc(C(F)(F)F)cc2)nc1. The standard InChI is InChI=1S/C13H11F3N2S/c14-13(15,16)10-3-1-9(2-4-10)8-19-12-6-5-11(17)7-18-12/h1-7H,8,17H2. The monoisotopic (exact) mass is 284 g/mol. The van der Waals surface area contributed by atoms with E-state index >= 15 is 0 Å². The Labute approximate surface area is 112 Å². The largest absolute Gasteiger partial charge is 0.416 e. The quantitative estimate of drug-likeness (QED) is 0.867. The van der Waals surface area contributed by atoms with Gasteiger partial charge in [0.15, 0.2) is 0 Å². The molecule has 1 aromatic carbocycles. The van der Waals surface area contributed by atoms with Crippen molar-refractivity contribution in [2.45, 2.75) is 17.0 Å². The van der Waals surface area contributed by atoms with Crippen molar-refractivity contribution in [2.75, 3.05) is 5.73 Å². The molecule has 2 nitrogen and oxygen atoms in total. The zero-order valence-corrected chi connectivity index (χ0v) is 10.6. The minimum absolute atomic E-state index is 0.565. The summed E-state index contributed by atoms with van der Waals surface area (Å²) in [7, 11) is 0. The second kappa shape index (κ2) is 5.52. The van der Waals surface area contributed by atoms with Gasteiger partial charge in [0.2, 0.25) is 0 Å². The Morgan fingerprint density at radius 3 is 2.26 bits per heavy atom. The van der Waals surface area contributed by atoms with Crippen LogP contribution in [0.5, 0.6) is 0 Å². The van der Waals surface area contributed by atoms with E-state index in [1.54, 1.807) is 18.3 Å². The molecule has 0 amide bonds. The molecule has 0 radical (unpaired) electrons. The molecule has 0 fully saturated rings. The summed E-state index contributed by atoms with van der Waals surface area (Å²) >= 11 is 1.45. The molecule has 100 valence electrons. The van der Waals surface area contributed by atoms with Crippen LogP contribution in [0.2, 0.25) is 0 Å². The molecule has 0 aliphatic heterocycles. The third kappa shape index (κ3) is 3.89. The van der Waals surface area contributed by atoms with Gasteiger partial charge in [0.05, 0.1) is 22.5 Å². The number of nitrogens with zero attached hydrogens (tertiary/aromatic N) is 1. The van der Waals surface area contributed by atoms with Crippen LogP contribution in [-0.4, -0.2) is 4.98 Å². The maximum Gasteiger partial charge on any atom is 0.416 e. The summed E-state index contributed by atoms with van der Waals surface area (Å²) in [6, 6.07) is 8.66.